The molecule has 1 aromatic rings. The first-order valence-electron chi connectivity index (χ1n) is 5.20. The minimum absolute atomic E-state index is 0.419. The maximum absolute atomic E-state index is 9.30. The molecule has 2 unspecified atom stereocenters. The van der Waals surface area contributed by atoms with E-state index in [-0.39, 0.29) is 0 Å². The summed E-state index contributed by atoms with van der Waals surface area (Å²) in [5.74, 6) is 0.841. The van der Waals surface area contributed by atoms with E-state index in [1.54, 1.807) is 0 Å². The van der Waals surface area contributed by atoms with Crippen LogP contribution in [0.25, 0.3) is 0 Å². The third-order valence-corrected chi connectivity index (χ3v) is 4.34. The zero-order chi connectivity index (χ0) is 11.6. The largest absolute Gasteiger partial charge is 0.367 e. The van der Waals surface area contributed by atoms with E-state index in [0.29, 0.717) is 10.3 Å². The summed E-state index contributed by atoms with van der Waals surface area (Å²) in [5.41, 5.74) is 0.540. The van der Waals surface area contributed by atoms with Gasteiger partial charge in [0, 0.05) is 21.7 Å². The van der Waals surface area contributed by atoms with Gasteiger partial charge >= 0.3 is 0 Å². The molecule has 0 bridgehead atoms. The second-order valence-corrected chi connectivity index (χ2v) is 6.01. The number of thioether (sulfide) groups is 1. The predicted octanol–water partition coefficient (Wildman–Crippen LogP) is 3.54. The van der Waals surface area contributed by atoms with E-state index in [4.69, 9.17) is 11.6 Å². The number of benzene rings is 1. The highest BCUT2D eigenvalue weighted by Gasteiger charge is 2.38. The average molecular weight is 253 g/mol. The number of anilines is 1. The summed E-state index contributed by atoms with van der Waals surface area (Å²) >= 11 is 7.66. The van der Waals surface area contributed by atoms with Crippen molar-refractivity contribution >= 4 is 29.1 Å². The summed E-state index contributed by atoms with van der Waals surface area (Å²) in [6.45, 7) is 2.16. The normalized spacial score (nSPS) is 28.7. The van der Waals surface area contributed by atoms with E-state index in [2.05, 4.69) is 18.3 Å². The van der Waals surface area contributed by atoms with Crippen molar-refractivity contribution in [2.75, 3.05) is 11.1 Å². The molecule has 1 aliphatic rings. The Balaban J connectivity index is 2.14. The number of hydrogen-bond acceptors (Lipinski definition) is 3. The SMILES string of the molecule is CC1CC(C#N)(Nc2ccc(Cl)cc2)CS1. The molecular weight excluding hydrogens is 240 g/mol. The van der Waals surface area contributed by atoms with Crippen LogP contribution in [0.15, 0.2) is 24.3 Å². The molecule has 2 nitrogen and oxygen atoms in total. The molecule has 1 aromatic carbocycles. The molecule has 4 heteroatoms. The molecule has 2 atom stereocenters. The molecule has 0 spiro atoms. The number of nitrogens with zero attached hydrogens (tertiary/aromatic N) is 1. The van der Waals surface area contributed by atoms with Gasteiger partial charge in [0.15, 0.2) is 0 Å². The Labute approximate surface area is 105 Å². The third kappa shape index (κ3) is 2.45. The number of nitriles is 1. The maximum Gasteiger partial charge on any atom is 0.135 e. The second kappa shape index (κ2) is 4.57. The lowest BCUT2D eigenvalue weighted by atomic mass is 9.98. The lowest BCUT2D eigenvalue weighted by Crippen LogP contribution is -2.36. The van der Waals surface area contributed by atoms with Crippen LogP contribution in [-0.2, 0) is 0 Å². The van der Waals surface area contributed by atoms with E-state index >= 15 is 0 Å². The topological polar surface area (TPSA) is 35.8 Å². The second-order valence-electron chi connectivity index (χ2n) is 4.15. The fourth-order valence-corrected chi connectivity index (χ4v) is 3.25. The summed E-state index contributed by atoms with van der Waals surface area (Å²) in [4.78, 5) is 0. The van der Waals surface area contributed by atoms with Crippen molar-refractivity contribution in [2.45, 2.75) is 24.1 Å². The van der Waals surface area contributed by atoms with Crippen LogP contribution >= 0.6 is 23.4 Å². The van der Waals surface area contributed by atoms with Crippen LogP contribution in [0, 0.1) is 11.3 Å². The highest BCUT2D eigenvalue weighted by molar-refractivity contribution is 8.00. The highest BCUT2D eigenvalue weighted by atomic mass is 35.5. The fraction of sp³-hybridized carbons (Fsp3) is 0.417. The predicted molar refractivity (Wildman–Crippen MR) is 70.0 cm³/mol. The van der Waals surface area contributed by atoms with E-state index in [1.165, 1.54) is 0 Å². The van der Waals surface area contributed by atoms with Crippen molar-refractivity contribution < 1.29 is 0 Å². The Morgan fingerprint density at radius 2 is 2.19 bits per heavy atom. The number of nitrogens with one attached hydrogen (secondary N) is 1. The van der Waals surface area contributed by atoms with Gasteiger partial charge in [-0.25, -0.2) is 0 Å². The van der Waals surface area contributed by atoms with Crippen LogP contribution in [-0.4, -0.2) is 16.5 Å². The molecule has 1 fully saturated rings. The summed E-state index contributed by atoms with van der Waals surface area (Å²) < 4.78 is 0. The Morgan fingerprint density at radius 3 is 2.69 bits per heavy atom. The zero-order valence-electron chi connectivity index (χ0n) is 9.03. The fourth-order valence-electron chi connectivity index (χ4n) is 1.90. The minimum Gasteiger partial charge on any atom is -0.367 e. The molecule has 0 aromatic heterocycles. The Kier molecular flexibility index (Phi) is 3.32. The van der Waals surface area contributed by atoms with Gasteiger partial charge in [0.1, 0.15) is 5.54 Å². The average Bonchev–Trinajstić information content (AvgIpc) is 2.64. The number of rotatable bonds is 2. The highest BCUT2D eigenvalue weighted by Crippen LogP contribution is 2.36. The summed E-state index contributed by atoms with van der Waals surface area (Å²) in [5, 5.41) is 13.9. The quantitative estimate of drug-likeness (QED) is 0.875. The van der Waals surface area contributed by atoms with Crippen molar-refractivity contribution in [1.82, 2.24) is 0 Å². The zero-order valence-corrected chi connectivity index (χ0v) is 10.6. The molecule has 1 N–H and O–H groups in total. The molecule has 0 aliphatic carbocycles. The number of hydrogen-bond donors (Lipinski definition) is 1. The van der Waals surface area contributed by atoms with Crippen LogP contribution in [0.5, 0.6) is 0 Å². The molecule has 1 heterocycles. The van der Waals surface area contributed by atoms with Gasteiger partial charge in [-0.05, 0) is 30.7 Å². The molecule has 1 saturated heterocycles. The first-order valence-corrected chi connectivity index (χ1v) is 6.63. The van der Waals surface area contributed by atoms with Crippen LogP contribution in [0.4, 0.5) is 5.69 Å². The molecule has 2 rings (SSSR count). The van der Waals surface area contributed by atoms with Crippen molar-refractivity contribution in [3.63, 3.8) is 0 Å². The standard InChI is InChI=1S/C12H13ClN2S/c1-9-6-12(7-14,8-16-9)15-11-4-2-10(13)3-5-11/h2-5,9,15H,6,8H2,1H3. The molecule has 0 amide bonds. The lowest BCUT2D eigenvalue weighted by Gasteiger charge is -2.23. The van der Waals surface area contributed by atoms with Gasteiger partial charge in [-0.3, -0.25) is 0 Å². The van der Waals surface area contributed by atoms with Crippen LogP contribution in [0.3, 0.4) is 0 Å². The van der Waals surface area contributed by atoms with Crippen molar-refractivity contribution in [3.8, 4) is 6.07 Å². The Hall–Kier alpha value is -0.850. The molecule has 0 saturated carbocycles. The Morgan fingerprint density at radius 1 is 1.50 bits per heavy atom. The Bertz CT molecular complexity index is 412. The smallest absolute Gasteiger partial charge is 0.135 e. The maximum atomic E-state index is 9.30. The van der Waals surface area contributed by atoms with Gasteiger partial charge in [-0.15, -0.1) is 0 Å². The van der Waals surface area contributed by atoms with E-state index in [1.807, 2.05) is 36.0 Å². The van der Waals surface area contributed by atoms with E-state index in [0.717, 1.165) is 17.9 Å². The van der Waals surface area contributed by atoms with Crippen molar-refractivity contribution in [1.29, 1.82) is 5.26 Å². The first-order chi connectivity index (χ1) is 7.63. The first kappa shape index (κ1) is 11.6. The van der Waals surface area contributed by atoms with Gasteiger partial charge in [0.05, 0.1) is 6.07 Å². The van der Waals surface area contributed by atoms with Gasteiger partial charge in [-0.1, -0.05) is 18.5 Å². The lowest BCUT2D eigenvalue weighted by molar-refractivity contribution is 0.626. The van der Waals surface area contributed by atoms with Gasteiger partial charge < -0.3 is 5.32 Å². The minimum atomic E-state index is -0.419. The molecular formula is C12H13ClN2S. The van der Waals surface area contributed by atoms with Gasteiger partial charge in [0.25, 0.3) is 0 Å². The molecule has 0 radical (unpaired) electrons. The van der Waals surface area contributed by atoms with Gasteiger partial charge in [-0.2, -0.15) is 17.0 Å². The summed E-state index contributed by atoms with van der Waals surface area (Å²) in [6, 6.07) is 9.90. The van der Waals surface area contributed by atoms with Crippen LogP contribution in [0.2, 0.25) is 5.02 Å². The van der Waals surface area contributed by atoms with Crippen molar-refractivity contribution in [2.24, 2.45) is 0 Å². The van der Waals surface area contributed by atoms with Crippen molar-refractivity contribution in [3.05, 3.63) is 29.3 Å². The van der Waals surface area contributed by atoms with Crippen LogP contribution in [0.1, 0.15) is 13.3 Å². The summed E-state index contributed by atoms with van der Waals surface area (Å²) in [7, 11) is 0. The summed E-state index contributed by atoms with van der Waals surface area (Å²) in [6.07, 6.45) is 0.886. The van der Waals surface area contributed by atoms with E-state index < -0.39 is 5.54 Å². The molecule has 1 aliphatic heterocycles. The van der Waals surface area contributed by atoms with Crippen LogP contribution < -0.4 is 5.32 Å². The third-order valence-electron chi connectivity index (χ3n) is 2.69. The van der Waals surface area contributed by atoms with E-state index in [9.17, 15) is 5.26 Å². The van der Waals surface area contributed by atoms with Gasteiger partial charge in [0.2, 0.25) is 0 Å². The number of halogens is 1. The molecule has 84 valence electrons. The molecule has 16 heavy (non-hydrogen) atoms. The monoisotopic (exact) mass is 252 g/mol.